The van der Waals surface area contributed by atoms with E-state index in [2.05, 4.69) is 26.6 Å². The Morgan fingerprint density at radius 2 is 1.92 bits per heavy atom. The third-order valence-electron chi connectivity index (χ3n) is 4.72. The molecule has 6 nitrogen and oxygen atoms in total. The Kier molecular flexibility index (Phi) is 4.73. The summed E-state index contributed by atoms with van der Waals surface area (Å²) >= 11 is 0. The molecule has 2 aromatic heterocycles. The number of hydrogen-bond donors (Lipinski definition) is 2. The number of pyridine rings is 1. The topological polar surface area (TPSA) is 83.6 Å². The van der Waals surface area contributed by atoms with Gasteiger partial charge in [-0.1, -0.05) is 18.2 Å². The first kappa shape index (κ1) is 16.4. The van der Waals surface area contributed by atoms with Gasteiger partial charge in [-0.15, -0.1) is 0 Å². The van der Waals surface area contributed by atoms with Crippen molar-refractivity contribution in [3.8, 4) is 0 Å². The Bertz CT molecular complexity index is 887. The summed E-state index contributed by atoms with van der Waals surface area (Å²) in [5.74, 6) is 0.719. The summed E-state index contributed by atoms with van der Waals surface area (Å²) in [6.45, 7) is 0.450. The lowest BCUT2D eigenvalue weighted by atomic mass is 9.96. The van der Waals surface area contributed by atoms with Crippen molar-refractivity contribution in [2.24, 2.45) is 0 Å². The van der Waals surface area contributed by atoms with Crippen LogP contribution in [-0.4, -0.2) is 26.1 Å². The van der Waals surface area contributed by atoms with E-state index in [-0.39, 0.29) is 5.91 Å². The summed E-state index contributed by atoms with van der Waals surface area (Å²) < 4.78 is 0. The molecule has 132 valence electrons. The molecule has 0 fully saturated rings. The van der Waals surface area contributed by atoms with E-state index in [1.54, 1.807) is 0 Å². The van der Waals surface area contributed by atoms with Gasteiger partial charge in [-0.3, -0.25) is 14.9 Å². The average molecular weight is 347 g/mol. The predicted molar refractivity (Wildman–Crippen MR) is 97.7 cm³/mol. The first-order valence-electron chi connectivity index (χ1n) is 8.97. The number of carbonyl (C=O) groups is 1. The highest BCUT2D eigenvalue weighted by Gasteiger charge is 2.12. The zero-order valence-electron chi connectivity index (χ0n) is 14.5. The molecule has 6 heteroatoms. The monoisotopic (exact) mass is 347 g/mol. The molecule has 1 aromatic carbocycles. The molecule has 0 unspecified atom stereocenters. The first-order valence-corrected chi connectivity index (χ1v) is 8.97. The van der Waals surface area contributed by atoms with Crippen LogP contribution >= 0.6 is 0 Å². The highest BCUT2D eigenvalue weighted by atomic mass is 16.1. The van der Waals surface area contributed by atoms with Crippen LogP contribution in [0.3, 0.4) is 0 Å². The van der Waals surface area contributed by atoms with Crippen LogP contribution in [0.15, 0.2) is 42.7 Å². The molecule has 0 bridgehead atoms. The van der Waals surface area contributed by atoms with Gasteiger partial charge in [0, 0.05) is 17.7 Å². The van der Waals surface area contributed by atoms with Crippen molar-refractivity contribution in [3.63, 3.8) is 0 Å². The van der Waals surface area contributed by atoms with Crippen molar-refractivity contribution in [2.45, 2.75) is 38.6 Å². The number of nitrogens with zero attached hydrogens (tertiary/aromatic N) is 3. The van der Waals surface area contributed by atoms with Crippen LogP contribution in [0.1, 0.15) is 51.5 Å². The Hall–Kier alpha value is -3.02. The van der Waals surface area contributed by atoms with Gasteiger partial charge >= 0.3 is 0 Å². The number of benzene rings is 1. The van der Waals surface area contributed by atoms with Gasteiger partial charge in [0.15, 0.2) is 0 Å². The van der Waals surface area contributed by atoms with Crippen LogP contribution < -0.4 is 5.32 Å². The summed E-state index contributed by atoms with van der Waals surface area (Å²) in [5.41, 5.74) is 5.19. The number of hydrogen-bond acceptors (Lipinski definition) is 4. The van der Waals surface area contributed by atoms with Crippen LogP contribution in [0, 0.1) is 0 Å². The molecule has 0 radical (unpaired) electrons. The molecular formula is C20H21N5O. The molecule has 2 N–H and O–H groups in total. The standard InChI is InChI=1S/C20H21N5O/c26-20(16-7-5-14(6-8-16)11-19-22-13-23-25-19)21-12-17-10-9-15-3-1-2-4-18(15)24-17/h5-10,13H,1-4,11-12H2,(H,21,26)(H,22,23,25). The number of H-pyrrole nitrogens is 1. The van der Waals surface area contributed by atoms with Crippen molar-refractivity contribution >= 4 is 5.91 Å². The van der Waals surface area contributed by atoms with Crippen molar-refractivity contribution in [3.05, 3.63) is 76.6 Å². The van der Waals surface area contributed by atoms with Crippen LogP contribution in [0.5, 0.6) is 0 Å². The van der Waals surface area contributed by atoms with Gasteiger partial charge in [-0.2, -0.15) is 5.10 Å². The Morgan fingerprint density at radius 1 is 1.08 bits per heavy atom. The summed E-state index contributed by atoms with van der Waals surface area (Å²) in [4.78, 5) is 21.2. The SMILES string of the molecule is O=C(NCc1ccc2c(n1)CCCC2)c1ccc(Cc2ncn[nH]2)cc1. The highest BCUT2D eigenvalue weighted by molar-refractivity contribution is 5.94. The summed E-state index contributed by atoms with van der Waals surface area (Å²) in [6, 6.07) is 11.7. The van der Waals surface area contributed by atoms with E-state index in [1.165, 1.54) is 30.4 Å². The van der Waals surface area contributed by atoms with Gasteiger partial charge in [0.05, 0.1) is 12.2 Å². The molecule has 26 heavy (non-hydrogen) atoms. The fourth-order valence-electron chi connectivity index (χ4n) is 3.28. The Morgan fingerprint density at radius 3 is 2.73 bits per heavy atom. The second-order valence-electron chi connectivity index (χ2n) is 6.60. The van der Waals surface area contributed by atoms with Crippen LogP contribution in [-0.2, 0) is 25.8 Å². The van der Waals surface area contributed by atoms with E-state index in [9.17, 15) is 4.79 Å². The molecule has 1 aliphatic rings. The highest BCUT2D eigenvalue weighted by Crippen LogP contribution is 2.19. The van der Waals surface area contributed by atoms with E-state index in [0.29, 0.717) is 18.5 Å². The van der Waals surface area contributed by atoms with Crippen molar-refractivity contribution < 1.29 is 4.79 Å². The van der Waals surface area contributed by atoms with Crippen LogP contribution in [0.25, 0.3) is 0 Å². The van der Waals surface area contributed by atoms with E-state index < -0.39 is 0 Å². The minimum atomic E-state index is -0.0873. The maximum absolute atomic E-state index is 12.4. The van der Waals surface area contributed by atoms with E-state index in [1.807, 2.05) is 30.3 Å². The number of carbonyl (C=O) groups excluding carboxylic acids is 1. The van der Waals surface area contributed by atoms with Crippen molar-refractivity contribution in [1.82, 2.24) is 25.5 Å². The summed E-state index contributed by atoms with van der Waals surface area (Å²) in [6.07, 6.45) is 6.78. The number of fused-ring (bicyclic) bond motifs is 1. The largest absolute Gasteiger partial charge is 0.346 e. The lowest BCUT2D eigenvalue weighted by Crippen LogP contribution is -2.23. The second-order valence-corrected chi connectivity index (χ2v) is 6.60. The van der Waals surface area contributed by atoms with Gasteiger partial charge in [0.2, 0.25) is 0 Å². The van der Waals surface area contributed by atoms with Crippen LogP contribution in [0.4, 0.5) is 0 Å². The smallest absolute Gasteiger partial charge is 0.251 e. The molecule has 0 spiro atoms. The molecule has 1 amide bonds. The molecule has 1 aliphatic carbocycles. The minimum Gasteiger partial charge on any atom is -0.346 e. The molecule has 0 atom stereocenters. The quantitative estimate of drug-likeness (QED) is 0.743. The predicted octanol–water partition coefficient (Wildman–Crippen LogP) is 2.60. The molecule has 0 saturated heterocycles. The maximum Gasteiger partial charge on any atom is 0.251 e. The number of aromatic nitrogens is 4. The van der Waals surface area contributed by atoms with E-state index in [0.717, 1.165) is 29.9 Å². The average Bonchev–Trinajstić information content (AvgIpc) is 3.19. The second kappa shape index (κ2) is 7.47. The van der Waals surface area contributed by atoms with Crippen LogP contribution in [0.2, 0.25) is 0 Å². The molecule has 0 aliphatic heterocycles. The summed E-state index contributed by atoms with van der Waals surface area (Å²) in [5, 5.41) is 9.63. The molecule has 4 rings (SSSR count). The summed E-state index contributed by atoms with van der Waals surface area (Å²) in [7, 11) is 0. The van der Waals surface area contributed by atoms with Crippen molar-refractivity contribution in [1.29, 1.82) is 0 Å². The third kappa shape index (κ3) is 3.79. The molecule has 2 heterocycles. The van der Waals surface area contributed by atoms with Gasteiger partial charge in [-0.25, -0.2) is 4.98 Å². The van der Waals surface area contributed by atoms with Gasteiger partial charge in [0.1, 0.15) is 12.2 Å². The van der Waals surface area contributed by atoms with Crippen molar-refractivity contribution in [2.75, 3.05) is 0 Å². The lowest BCUT2D eigenvalue weighted by molar-refractivity contribution is 0.0950. The molecular weight excluding hydrogens is 326 g/mol. The zero-order valence-corrected chi connectivity index (χ0v) is 14.5. The van der Waals surface area contributed by atoms with E-state index in [4.69, 9.17) is 4.98 Å². The third-order valence-corrected chi connectivity index (χ3v) is 4.72. The lowest BCUT2D eigenvalue weighted by Gasteiger charge is -2.15. The molecule has 3 aromatic rings. The Balaban J connectivity index is 1.36. The number of aryl methyl sites for hydroxylation is 2. The minimum absolute atomic E-state index is 0.0873. The fraction of sp³-hybridized carbons (Fsp3) is 0.300. The zero-order chi connectivity index (χ0) is 17.8. The Labute approximate surface area is 152 Å². The first-order chi connectivity index (χ1) is 12.8. The fourth-order valence-corrected chi connectivity index (χ4v) is 3.28. The normalized spacial score (nSPS) is 13.2. The number of amides is 1. The molecule has 0 saturated carbocycles. The van der Waals surface area contributed by atoms with Gasteiger partial charge < -0.3 is 5.32 Å². The van der Waals surface area contributed by atoms with Gasteiger partial charge in [0.25, 0.3) is 5.91 Å². The number of rotatable bonds is 5. The number of aromatic amines is 1. The number of nitrogens with one attached hydrogen (secondary N) is 2. The van der Waals surface area contributed by atoms with E-state index >= 15 is 0 Å². The maximum atomic E-state index is 12.4. The van der Waals surface area contributed by atoms with Gasteiger partial charge in [-0.05, 0) is 55.0 Å².